The Morgan fingerprint density at radius 3 is 2.70 bits per heavy atom. The lowest BCUT2D eigenvalue weighted by Crippen LogP contribution is -2.45. The van der Waals surface area contributed by atoms with E-state index in [0.717, 1.165) is 0 Å². The highest BCUT2D eigenvalue weighted by Crippen LogP contribution is 2.45. The second kappa shape index (κ2) is 6.05. The minimum absolute atomic E-state index is 0.0230. The van der Waals surface area contributed by atoms with E-state index in [-0.39, 0.29) is 21.9 Å². The molecular weight excluding hydrogens is 393 g/mol. The third-order valence-electron chi connectivity index (χ3n) is 4.24. The molecule has 0 aromatic heterocycles. The molecule has 2 aliphatic rings. The topological polar surface area (TPSA) is 59.0 Å². The molecule has 8 heteroatoms. The largest absolute Gasteiger partial charge is 0.507 e. The lowest BCUT2D eigenvalue weighted by atomic mass is 9.88. The molecule has 1 N–H and O–H groups in total. The van der Waals surface area contributed by atoms with E-state index in [2.05, 4.69) is 15.9 Å². The Morgan fingerprint density at radius 1 is 1.43 bits per heavy atom. The maximum atomic E-state index is 14.2. The number of carbonyl (C=O) groups excluding carboxylic acids is 1. The number of piperidine rings is 1. The average molecular weight is 407 g/mol. The van der Waals surface area contributed by atoms with E-state index in [1.54, 1.807) is 12.2 Å². The van der Waals surface area contributed by atoms with Gasteiger partial charge < -0.3 is 14.7 Å². The summed E-state index contributed by atoms with van der Waals surface area (Å²) in [6.45, 7) is 0.964. The number of aliphatic hydroxyl groups is 1. The fourth-order valence-corrected chi connectivity index (χ4v) is 3.53. The zero-order valence-corrected chi connectivity index (χ0v) is 14.6. The molecule has 1 aromatic rings. The van der Waals surface area contributed by atoms with Crippen molar-refractivity contribution in [3.05, 3.63) is 38.8 Å². The summed E-state index contributed by atoms with van der Waals surface area (Å²) >= 11 is 9.31. The number of carbonyl (C=O) groups is 1. The zero-order valence-electron chi connectivity index (χ0n) is 12.2. The second-order valence-electron chi connectivity index (χ2n) is 5.44. The summed E-state index contributed by atoms with van der Waals surface area (Å²) in [5.41, 5.74) is -1.49. The van der Waals surface area contributed by atoms with Crippen molar-refractivity contribution in [3.8, 4) is 0 Å². The molecule has 1 spiro atoms. The molecule has 2 aliphatic heterocycles. The van der Waals surface area contributed by atoms with Gasteiger partial charge in [0.05, 0.1) is 12.1 Å². The van der Waals surface area contributed by atoms with Crippen LogP contribution >= 0.6 is 27.5 Å². The van der Waals surface area contributed by atoms with Gasteiger partial charge in [-0.3, -0.25) is 0 Å². The normalized spacial score (nSPS) is 21.1. The van der Waals surface area contributed by atoms with Crippen LogP contribution in [0.2, 0.25) is 5.02 Å². The molecule has 0 atom stereocenters. The molecule has 5 nitrogen and oxygen atoms in total. The van der Waals surface area contributed by atoms with Gasteiger partial charge in [-0.05, 0) is 28.1 Å². The predicted octanol–water partition coefficient (Wildman–Crippen LogP) is 3.46. The van der Waals surface area contributed by atoms with Crippen molar-refractivity contribution in [1.82, 2.24) is 5.06 Å². The van der Waals surface area contributed by atoms with Crippen molar-refractivity contribution < 1.29 is 23.9 Å². The van der Waals surface area contributed by atoms with E-state index in [0.29, 0.717) is 30.4 Å². The first kappa shape index (κ1) is 16.7. The predicted molar refractivity (Wildman–Crippen MR) is 85.3 cm³/mol. The van der Waals surface area contributed by atoms with Crippen molar-refractivity contribution in [2.45, 2.75) is 18.4 Å². The van der Waals surface area contributed by atoms with Gasteiger partial charge in [-0.25, -0.2) is 9.18 Å². The Morgan fingerprint density at radius 2 is 2.09 bits per heavy atom. The molecule has 124 valence electrons. The molecular formula is C15H14BrClFNO4. The summed E-state index contributed by atoms with van der Waals surface area (Å²) in [6.07, 6.45) is 0.713. The van der Waals surface area contributed by atoms with Crippen LogP contribution in [0.15, 0.2) is 22.4 Å². The maximum Gasteiger partial charge on any atom is 0.343 e. The lowest BCUT2D eigenvalue weighted by Gasteiger charge is -2.36. The number of hydroxylamine groups is 2. The zero-order chi connectivity index (χ0) is 16.8. The Labute approximate surface area is 145 Å². The van der Waals surface area contributed by atoms with Gasteiger partial charge in [-0.2, -0.15) is 5.06 Å². The standard InChI is InChI=1S/C15H14BrClFNO4/c1-22-19-6-4-15(5-7-19)13(20)11(14(21)23-15)10-9(18)3-2-8(16)12(10)17/h2-3,20H,4-7H2,1H3. The van der Waals surface area contributed by atoms with Crippen molar-refractivity contribution in [3.63, 3.8) is 0 Å². The van der Waals surface area contributed by atoms with E-state index in [4.69, 9.17) is 21.2 Å². The number of ether oxygens (including phenoxy) is 1. The SMILES string of the molecule is CON1CCC2(CC1)OC(=O)C(c1c(F)ccc(Br)c1Cl)=C2O. The number of esters is 1. The van der Waals surface area contributed by atoms with Crippen molar-refractivity contribution in [2.75, 3.05) is 20.2 Å². The van der Waals surface area contributed by atoms with Gasteiger partial charge in [0, 0.05) is 36.0 Å². The monoisotopic (exact) mass is 405 g/mol. The van der Waals surface area contributed by atoms with Crippen molar-refractivity contribution >= 4 is 39.1 Å². The Kier molecular flexibility index (Phi) is 4.39. The van der Waals surface area contributed by atoms with E-state index >= 15 is 0 Å². The second-order valence-corrected chi connectivity index (χ2v) is 6.67. The van der Waals surface area contributed by atoms with Crippen LogP contribution in [-0.2, 0) is 14.4 Å². The molecule has 23 heavy (non-hydrogen) atoms. The van der Waals surface area contributed by atoms with Gasteiger partial charge in [0.1, 0.15) is 11.4 Å². The molecule has 0 amide bonds. The van der Waals surface area contributed by atoms with Crippen LogP contribution in [0, 0.1) is 5.82 Å². The van der Waals surface area contributed by atoms with Crippen LogP contribution in [-0.4, -0.2) is 41.9 Å². The number of benzene rings is 1. The van der Waals surface area contributed by atoms with Crippen LogP contribution in [0.4, 0.5) is 4.39 Å². The Bertz CT molecular complexity index is 701. The van der Waals surface area contributed by atoms with Gasteiger partial charge in [0.2, 0.25) is 0 Å². The highest BCUT2D eigenvalue weighted by atomic mass is 79.9. The first-order chi connectivity index (χ1) is 10.9. The van der Waals surface area contributed by atoms with Gasteiger partial charge in [0.15, 0.2) is 11.4 Å². The van der Waals surface area contributed by atoms with Crippen LogP contribution in [0.5, 0.6) is 0 Å². The van der Waals surface area contributed by atoms with E-state index in [1.165, 1.54) is 12.1 Å². The summed E-state index contributed by atoms with van der Waals surface area (Å²) in [7, 11) is 1.55. The molecule has 3 rings (SSSR count). The molecule has 1 aromatic carbocycles. The van der Waals surface area contributed by atoms with Gasteiger partial charge >= 0.3 is 5.97 Å². The first-order valence-corrected chi connectivity index (χ1v) is 8.16. The van der Waals surface area contributed by atoms with E-state index in [9.17, 15) is 14.3 Å². The molecule has 0 saturated carbocycles. The Hall–Kier alpha value is -1.15. The van der Waals surface area contributed by atoms with Crippen molar-refractivity contribution in [1.29, 1.82) is 0 Å². The first-order valence-electron chi connectivity index (χ1n) is 6.99. The van der Waals surface area contributed by atoms with Crippen LogP contribution < -0.4 is 0 Å². The fourth-order valence-electron chi connectivity index (χ4n) is 2.95. The maximum absolute atomic E-state index is 14.2. The number of hydrogen-bond donors (Lipinski definition) is 1. The summed E-state index contributed by atoms with van der Waals surface area (Å²) in [5.74, 6) is -1.73. The lowest BCUT2D eigenvalue weighted by molar-refractivity contribution is -0.182. The van der Waals surface area contributed by atoms with Crippen molar-refractivity contribution in [2.24, 2.45) is 0 Å². The summed E-state index contributed by atoms with van der Waals surface area (Å²) in [5, 5.41) is 12.3. The minimum atomic E-state index is -1.14. The molecule has 0 aliphatic carbocycles. The Balaban J connectivity index is 2.06. The van der Waals surface area contributed by atoms with E-state index in [1.807, 2.05) is 0 Å². The third kappa shape index (κ3) is 2.65. The number of nitrogens with zero attached hydrogens (tertiary/aromatic N) is 1. The quantitative estimate of drug-likeness (QED) is 0.602. The van der Waals surface area contributed by atoms with Crippen LogP contribution in [0.3, 0.4) is 0 Å². The number of rotatable bonds is 2. The minimum Gasteiger partial charge on any atom is -0.507 e. The van der Waals surface area contributed by atoms with Gasteiger partial charge in [0.25, 0.3) is 0 Å². The highest BCUT2D eigenvalue weighted by molar-refractivity contribution is 9.10. The summed E-state index contributed by atoms with van der Waals surface area (Å²) in [6, 6.07) is 2.61. The van der Waals surface area contributed by atoms with Crippen LogP contribution in [0.1, 0.15) is 18.4 Å². The van der Waals surface area contributed by atoms with Gasteiger partial charge in [-0.15, -0.1) is 0 Å². The number of hydrogen-bond acceptors (Lipinski definition) is 5. The van der Waals surface area contributed by atoms with Gasteiger partial charge in [-0.1, -0.05) is 11.6 Å². The molecule has 0 bridgehead atoms. The molecule has 2 heterocycles. The average Bonchev–Trinajstić information content (AvgIpc) is 2.77. The molecule has 0 radical (unpaired) electrons. The number of halogens is 3. The number of aliphatic hydroxyl groups excluding tert-OH is 1. The third-order valence-corrected chi connectivity index (χ3v) is 5.52. The summed E-state index contributed by atoms with van der Waals surface area (Å²) in [4.78, 5) is 17.4. The molecule has 0 unspecified atom stereocenters. The molecule has 1 saturated heterocycles. The van der Waals surface area contributed by atoms with Crippen LogP contribution in [0.25, 0.3) is 5.57 Å². The highest BCUT2D eigenvalue weighted by Gasteiger charge is 2.51. The smallest absolute Gasteiger partial charge is 0.343 e. The molecule has 1 fully saturated rings. The fraction of sp³-hybridized carbons (Fsp3) is 0.400. The van der Waals surface area contributed by atoms with E-state index < -0.39 is 17.4 Å². The summed E-state index contributed by atoms with van der Waals surface area (Å²) < 4.78 is 20.1.